The molecule has 0 saturated carbocycles. The Bertz CT molecular complexity index is 1670. The standard InChI is InChI=1S/C23H14F4N4O3S/c24-14-1-2-18(26)21(7-14)35(32,33)31-19-4-3-17(25)16(22(19)27)5-12-8-29-23-15(12)6-13(9-30-23)20-10-28-11-34-20/h1-4,6-11,31H,5H2,(H,29,30). The summed E-state index contributed by atoms with van der Waals surface area (Å²) in [5.74, 6) is -3.89. The number of halogens is 4. The number of H-pyrrole nitrogens is 1. The highest BCUT2D eigenvalue weighted by molar-refractivity contribution is 7.92. The van der Waals surface area contributed by atoms with Crippen molar-refractivity contribution in [2.24, 2.45) is 0 Å². The SMILES string of the molecule is O=S(=O)(Nc1ccc(F)c(Cc2c[nH]c3ncc(-c4cnco4)cc23)c1F)c1cc(F)ccc1F. The molecule has 7 nitrogen and oxygen atoms in total. The Kier molecular flexibility index (Phi) is 5.52. The highest BCUT2D eigenvalue weighted by atomic mass is 32.2. The van der Waals surface area contributed by atoms with Crippen molar-refractivity contribution in [1.29, 1.82) is 0 Å². The average molecular weight is 502 g/mol. The molecule has 3 heterocycles. The largest absolute Gasteiger partial charge is 0.443 e. The Morgan fingerprint density at radius 1 is 1.00 bits per heavy atom. The normalized spacial score (nSPS) is 11.8. The summed E-state index contributed by atoms with van der Waals surface area (Å²) in [7, 11) is -4.71. The van der Waals surface area contributed by atoms with Gasteiger partial charge < -0.3 is 9.40 Å². The Balaban J connectivity index is 1.51. The molecule has 0 aliphatic carbocycles. The van der Waals surface area contributed by atoms with E-state index >= 15 is 4.39 Å². The minimum atomic E-state index is -4.71. The lowest BCUT2D eigenvalue weighted by Gasteiger charge is -2.13. The molecule has 0 amide bonds. The second-order valence-electron chi connectivity index (χ2n) is 7.54. The van der Waals surface area contributed by atoms with E-state index in [1.165, 1.54) is 18.8 Å². The number of anilines is 1. The van der Waals surface area contributed by atoms with Crippen LogP contribution < -0.4 is 4.72 Å². The molecule has 0 unspecified atom stereocenters. The van der Waals surface area contributed by atoms with Crippen molar-refractivity contribution in [2.75, 3.05) is 4.72 Å². The van der Waals surface area contributed by atoms with Crippen molar-refractivity contribution in [2.45, 2.75) is 11.3 Å². The number of hydrogen-bond donors (Lipinski definition) is 2. The van der Waals surface area contributed by atoms with Crippen LogP contribution in [0.3, 0.4) is 0 Å². The number of pyridine rings is 1. The number of nitrogens with one attached hydrogen (secondary N) is 2. The fraction of sp³-hybridized carbons (Fsp3) is 0.0435. The third-order valence-electron chi connectivity index (χ3n) is 5.31. The Morgan fingerprint density at radius 3 is 2.57 bits per heavy atom. The van der Waals surface area contributed by atoms with Crippen molar-refractivity contribution in [3.8, 4) is 11.3 Å². The lowest BCUT2D eigenvalue weighted by Crippen LogP contribution is -2.16. The predicted octanol–water partition coefficient (Wildman–Crippen LogP) is 5.17. The van der Waals surface area contributed by atoms with Crippen molar-refractivity contribution in [3.05, 3.63) is 95.8 Å². The quantitative estimate of drug-likeness (QED) is 0.312. The van der Waals surface area contributed by atoms with E-state index in [4.69, 9.17) is 4.42 Å². The van der Waals surface area contributed by atoms with E-state index < -0.39 is 49.4 Å². The van der Waals surface area contributed by atoms with Gasteiger partial charge in [-0.25, -0.2) is 35.9 Å². The predicted molar refractivity (Wildman–Crippen MR) is 118 cm³/mol. The van der Waals surface area contributed by atoms with Gasteiger partial charge in [-0.3, -0.25) is 4.72 Å². The summed E-state index contributed by atoms with van der Waals surface area (Å²) in [6.45, 7) is 0. The van der Waals surface area contributed by atoms with E-state index in [0.717, 1.165) is 18.2 Å². The molecule has 0 atom stereocenters. The van der Waals surface area contributed by atoms with Gasteiger partial charge in [0.15, 0.2) is 18.0 Å². The fourth-order valence-corrected chi connectivity index (χ4v) is 4.76. The van der Waals surface area contributed by atoms with Crippen LogP contribution in [0.15, 0.2) is 70.7 Å². The Hall–Kier alpha value is -4.19. The highest BCUT2D eigenvalue weighted by Gasteiger charge is 2.24. The van der Waals surface area contributed by atoms with Crippen LogP contribution in [0, 0.1) is 23.3 Å². The number of fused-ring (bicyclic) bond motifs is 1. The molecule has 0 aliphatic rings. The number of oxazole rings is 1. The molecule has 35 heavy (non-hydrogen) atoms. The van der Waals surface area contributed by atoms with Crippen LogP contribution in [-0.2, 0) is 16.4 Å². The summed E-state index contributed by atoms with van der Waals surface area (Å²) in [5, 5.41) is 0.561. The molecule has 2 N–H and O–H groups in total. The number of hydrogen-bond acceptors (Lipinski definition) is 5. The minimum Gasteiger partial charge on any atom is -0.443 e. The van der Waals surface area contributed by atoms with E-state index in [1.807, 2.05) is 4.72 Å². The molecular weight excluding hydrogens is 488 g/mol. The zero-order valence-electron chi connectivity index (χ0n) is 17.5. The Morgan fingerprint density at radius 2 is 1.80 bits per heavy atom. The third kappa shape index (κ3) is 4.23. The van der Waals surface area contributed by atoms with E-state index in [-0.39, 0.29) is 6.42 Å². The molecule has 0 saturated heterocycles. The van der Waals surface area contributed by atoms with Crippen LogP contribution in [0.2, 0.25) is 0 Å². The minimum absolute atomic E-state index is 0.261. The number of aromatic amines is 1. The molecule has 0 aliphatic heterocycles. The van der Waals surface area contributed by atoms with Crippen molar-refractivity contribution < 1.29 is 30.4 Å². The molecule has 0 spiro atoms. The molecule has 3 aromatic heterocycles. The first-order valence-corrected chi connectivity index (χ1v) is 11.5. The molecule has 0 bridgehead atoms. The van der Waals surface area contributed by atoms with E-state index in [0.29, 0.717) is 40.1 Å². The smallest absolute Gasteiger partial charge is 0.265 e. The van der Waals surface area contributed by atoms with Crippen LogP contribution >= 0.6 is 0 Å². The molecule has 2 aromatic carbocycles. The number of nitrogens with zero attached hydrogens (tertiary/aromatic N) is 2. The van der Waals surface area contributed by atoms with Gasteiger partial charge in [-0.1, -0.05) is 0 Å². The molecule has 0 radical (unpaired) electrons. The van der Waals surface area contributed by atoms with Gasteiger partial charge >= 0.3 is 0 Å². The lowest BCUT2D eigenvalue weighted by molar-refractivity contribution is 0.553. The van der Waals surface area contributed by atoms with Gasteiger partial charge in [0, 0.05) is 35.3 Å². The lowest BCUT2D eigenvalue weighted by atomic mass is 10.0. The molecule has 5 aromatic rings. The van der Waals surface area contributed by atoms with E-state index in [9.17, 15) is 21.6 Å². The van der Waals surface area contributed by atoms with Gasteiger partial charge in [-0.2, -0.15) is 0 Å². The Labute approximate surface area is 195 Å². The number of benzene rings is 2. The first-order chi connectivity index (χ1) is 16.7. The molecule has 12 heteroatoms. The van der Waals surface area contributed by atoms with Crippen molar-refractivity contribution in [3.63, 3.8) is 0 Å². The number of sulfonamides is 1. The van der Waals surface area contributed by atoms with Gasteiger partial charge in [0.25, 0.3) is 10.0 Å². The maximum absolute atomic E-state index is 15.3. The topological polar surface area (TPSA) is 101 Å². The first-order valence-electron chi connectivity index (χ1n) is 10.0. The summed E-state index contributed by atoms with van der Waals surface area (Å²) < 4.78 is 89.6. The van der Waals surface area contributed by atoms with Gasteiger partial charge in [0.1, 0.15) is 28.0 Å². The highest BCUT2D eigenvalue weighted by Crippen LogP contribution is 2.30. The molecule has 178 valence electrons. The van der Waals surface area contributed by atoms with Crippen LogP contribution in [-0.4, -0.2) is 23.4 Å². The summed E-state index contributed by atoms with van der Waals surface area (Å²) in [6, 6.07) is 5.30. The zero-order chi connectivity index (χ0) is 24.7. The number of rotatable bonds is 6. The van der Waals surface area contributed by atoms with E-state index in [1.54, 1.807) is 12.3 Å². The van der Waals surface area contributed by atoms with Crippen molar-refractivity contribution >= 4 is 26.7 Å². The second kappa shape index (κ2) is 8.55. The van der Waals surface area contributed by atoms with Gasteiger partial charge in [-0.05, 0) is 42.0 Å². The van der Waals surface area contributed by atoms with Crippen LogP contribution in [0.4, 0.5) is 23.2 Å². The fourth-order valence-electron chi connectivity index (χ4n) is 3.61. The van der Waals surface area contributed by atoms with Crippen LogP contribution in [0.5, 0.6) is 0 Å². The van der Waals surface area contributed by atoms with Gasteiger partial charge in [0.05, 0.1) is 11.9 Å². The van der Waals surface area contributed by atoms with Crippen molar-refractivity contribution in [1.82, 2.24) is 15.0 Å². The maximum Gasteiger partial charge on any atom is 0.265 e. The summed E-state index contributed by atoms with van der Waals surface area (Å²) in [5.41, 5.74) is 0.474. The third-order valence-corrected chi connectivity index (χ3v) is 6.69. The molecule has 0 fully saturated rings. The molecular formula is C23H14F4N4O3S. The zero-order valence-corrected chi connectivity index (χ0v) is 18.3. The van der Waals surface area contributed by atoms with Gasteiger partial charge in [-0.15, -0.1) is 0 Å². The van der Waals surface area contributed by atoms with Crippen LogP contribution in [0.1, 0.15) is 11.1 Å². The maximum atomic E-state index is 15.3. The summed E-state index contributed by atoms with van der Waals surface area (Å²) >= 11 is 0. The van der Waals surface area contributed by atoms with Gasteiger partial charge in [0.2, 0.25) is 0 Å². The first kappa shape index (κ1) is 22.6. The number of aromatic nitrogens is 3. The van der Waals surface area contributed by atoms with E-state index in [2.05, 4.69) is 15.0 Å². The summed E-state index contributed by atoms with van der Waals surface area (Å²) in [6.07, 6.45) is 5.56. The average Bonchev–Trinajstić information content (AvgIpc) is 3.50. The van der Waals surface area contributed by atoms with Crippen LogP contribution in [0.25, 0.3) is 22.4 Å². The second-order valence-corrected chi connectivity index (χ2v) is 9.20. The monoisotopic (exact) mass is 502 g/mol. The molecule has 5 rings (SSSR count). The summed E-state index contributed by atoms with van der Waals surface area (Å²) in [4.78, 5) is 10.0.